The van der Waals surface area contributed by atoms with Gasteiger partial charge in [0.25, 0.3) is 0 Å². The third kappa shape index (κ3) is 2.16. The van der Waals surface area contributed by atoms with Crippen molar-refractivity contribution in [2.75, 3.05) is 13.7 Å². The molecule has 0 aromatic heterocycles. The fraction of sp³-hybridized carbons (Fsp3) is 0.455. The lowest BCUT2D eigenvalue weighted by Crippen LogP contribution is -2.16. The van der Waals surface area contributed by atoms with Crippen LogP contribution in [0.4, 0.5) is 0 Å². The molecule has 0 amide bonds. The van der Waals surface area contributed by atoms with Crippen molar-refractivity contribution in [2.45, 2.75) is 18.6 Å². The maximum absolute atomic E-state index is 5.31. The Morgan fingerprint density at radius 2 is 2.07 bits per heavy atom. The van der Waals surface area contributed by atoms with Crippen molar-refractivity contribution < 1.29 is 4.74 Å². The highest BCUT2D eigenvalue weighted by molar-refractivity contribution is 9.10. The highest BCUT2D eigenvalue weighted by Crippen LogP contribution is 2.25. The molecule has 0 aliphatic carbocycles. The Labute approximate surface area is 92.8 Å². The van der Waals surface area contributed by atoms with Crippen LogP contribution in [0.15, 0.2) is 28.7 Å². The van der Waals surface area contributed by atoms with Gasteiger partial charge in [-0.15, -0.1) is 0 Å². The van der Waals surface area contributed by atoms with Gasteiger partial charge in [-0.1, -0.05) is 28.1 Å². The average molecular weight is 256 g/mol. The van der Waals surface area contributed by atoms with Crippen LogP contribution in [0.25, 0.3) is 0 Å². The molecule has 1 aromatic rings. The molecule has 2 atom stereocenters. The van der Waals surface area contributed by atoms with Gasteiger partial charge in [-0.2, -0.15) is 0 Å². The molecular weight excluding hydrogens is 242 g/mol. The van der Waals surface area contributed by atoms with Crippen molar-refractivity contribution in [1.82, 2.24) is 5.32 Å². The van der Waals surface area contributed by atoms with E-state index in [9.17, 15) is 0 Å². The van der Waals surface area contributed by atoms with Crippen LogP contribution in [0.3, 0.4) is 0 Å². The zero-order valence-electron chi connectivity index (χ0n) is 8.16. The van der Waals surface area contributed by atoms with Gasteiger partial charge in [0.05, 0.1) is 6.10 Å². The summed E-state index contributed by atoms with van der Waals surface area (Å²) in [5.41, 5.74) is 1.34. The Hall–Kier alpha value is -0.380. The van der Waals surface area contributed by atoms with Gasteiger partial charge in [-0.25, -0.2) is 0 Å². The summed E-state index contributed by atoms with van der Waals surface area (Å²) in [6, 6.07) is 8.92. The molecule has 1 aliphatic heterocycles. The molecular formula is C11H14BrNO. The number of ether oxygens (including phenoxy) is 1. The summed E-state index contributed by atoms with van der Waals surface area (Å²) in [6.07, 6.45) is 1.43. The van der Waals surface area contributed by atoms with E-state index < -0.39 is 0 Å². The number of methoxy groups -OCH3 is 1. The Bertz CT molecular complexity index is 299. The fourth-order valence-electron chi connectivity index (χ4n) is 1.83. The van der Waals surface area contributed by atoms with Crippen LogP contribution < -0.4 is 5.32 Å². The van der Waals surface area contributed by atoms with Gasteiger partial charge in [0.2, 0.25) is 0 Å². The van der Waals surface area contributed by atoms with Crippen LogP contribution in [0.1, 0.15) is 18.0 Å². The van der Waals surface area contributed by atoms with E-state index in [4.69, 9.17) is 4.74 Å². The third-order valence-corrected chi connectivity index (χ3v) is 3.22. The van der Waals surface area contributed by atoms with Crippen molar-refractivity contribution >= 4 is 15.9 Å². The molecule has 2 rings (SSSR count). The Morgan fingerprint density at radius 1 is 1.36 bits per heavy atom. The quantitative estimate of drug-likeness (QED) is 0.877. The van der Waals surface area contributed by atoms with Crippen LogP contribution in [-0.4, -0.2) is 19.8 Å². The summed E-state index contributed by atoms with van der Waals surface area (Å²) in [4.78, 5) is 0. The van der Waals surface area contributed by atoms with Gasteiger partial charge >= 0.3 is 0 Å². The molecule has 1 N–H and O–H groups in total. The minimum atomic E-state index is 0.364. The standard InChI is InChI=1S/C11H14BrNO/c1-14-10-6-11(13-7-10)8-2-4-9(12)5-3-8/h2-5,10-11,13H,6-7H2,1H3. The lowest BCUT2D eigenvalue weighted by molar-refractivity contribution is 0.117. The molecule has 76 valence electrons. The molecule has 1 fully saturated rings. The molecule has 1 aromatic carbocycles. The van der Waals surface area contributed by atoms with Crippen LogP contribution in [0, 0.1) is 0 Å². The topological polar surface area (TPSA) is 21.3 Å². The second-order valence-corrected chi connectivity index (χ2v) is 4.52. The number of nitrogens with one attached hydrogen (secondary N) is 1. The Kier molecular flexibility index (Phi) is 3.21. The van der Waals surface area contributed by atoms with E-state index in [2.05, 4.69) is 45.5 Å². The molecule has 0 spiro atoms. The van der Waals surface area contributed by atoms with Crippen molar-refractivity contribution in [2.24, 2.45) is 0 Å². The van der Waals surface area contributed by atoms with Crippen LogP contribution in [-0.2, 0) is 4.74 Å². The molecule has 0 bridgehead atoms. The van der Waals surface area contributed by atoms with Crippen molar-refractivity contribution in [3.63, 3.8) is 0 Å². The number of halogens is 1. The van der Waals surface area contributed by atoms with Crippen LogP contribution >= 0.6 is 15.9 Å². The van der Waals surface area contributed by atoms with E-state index in [1.165, 1.54) is 5.56 Å². The second kappa shape index (κ2) is 4.43. The molecule has 0 radical (unpaired) electrons. The number of hydrogen-bond donors (Lipinski definition) is 1. The van der Waals surface area contributed by atoms with E-state index in [0.29, 0.717) is 12.1 Å². The molecule has 3 heteroatoms. The molecule has 2 unspecified atom stereocenters. The van der Waals surface area contributed by atoms with E-state index in [-0.39, 0.29) is 0 Å². The van der Waals surface area contributed by atoms with Crippen molar-refractivity contribution in [3.8, 4) is 0 Å². The monoisotopic (exact) mass is 255 g/mol. The molecule has 14 heavy (non-hydrogen) atoms. The van der Waals surface area contributed by atoms with Crippen molar-refractivity contribution in [3.05, 3.63) is 34.3 Å². The number of hydrogen-bond acceptors (Lipinski definition) is 2. The van der Waals surface area contributed by atoms with Gasteiger partial charge in [0.1, 0.15) is 0 Å². The lowest BCUT2D eigenvalue weighted by Gasteiger charge is -2.10. The molecule has 1 heterocycles. The SMILES string of the molecule is COC1CNC(c2ccc(Br)cc2)C1. The smallest absolute Gasteiger partial charge is 0.0714 e. The first kappa shape index (κ1) is 10.1. The normalized spacial score (nSPS) is 26.7. The summed E-state index contributed by atoms with van der Waals surface area (Å²) in [6.45, 7) is 0.956. The summed E-state index contributed by atoms with van der Waals surface area (Å²) < 4.78 is 6.44. The highest BCUT2D eigenvalue weighted by Gasteiger charge is 2.24. The molecule has 2 nitrogen and oxygen atoms in total. The van der Waals surface area contributed by atoms with E-state index in [0.717, 1.165) is 17.4 Å². The van der Waals surface area contributed by atoms with E-state index in [1.54, 1.807) is 7.11 Å². The highest BCUT2D eigenvalue weighted by atomic mass is 79.9. The molecule has 1 aliphatic rings. The van der Waals surface area contributed by atoms with Gasteiger partial charge < -0.3 is 10.1 Å². The number of rotatable bonds is 2. The molecule has 0 saturated carbocycles. The van der Waals surface area contributed by atoms with Gasteiger partial charge in [0.15, 0.2) is 0 Å². The summed E-state index contributed by atoms with van der Waals surface area (Å²) in [7, 11) is 1.77. The minimum Gasteiger partial charge on any atom is -0.380 e. The largest absolute Gasteiger partial charge is 0.380 e. The second-order valence-electron chi connectivity index (χ2n) is 3.61. The minimum absolute atomic E-state index is 0.364. The van der Waals surface area contributed by atoms with Gasteiger partial charge in [-0.05, 0) is 24.1 Å². The number of benzene rings is 1. The predicted molar refractivity (Wildman–Crippen MR) is 60.3 cm³/mol. The first-order valence-corrected chi connectivity index (χ1v) is 5.60. The summed E-state index contributed by atoms with van der Waals surface area (Å²) in [5, 5.41) is 3.45. The summed E-state index contributed by atoms with van der Waals surface area (Å²) >= 11 is 3.43. The zero-order valence-corrected chi connectivity index (χ0v) is 9.75. The lowest BCUT2D eigenvalue weighted by atomic mass is 10.1. The van der Waals surface area contributed by atoms with Crippen LogP contribution in [0.5, 0.6) is 0 Å². The average Bonchev–Trinajstić information content (AvgIpc) is 2.67. The zero-order chi connectivity index (χ0) is 9.97. The fourth-order valence-corrected chi connectivity index (χ4v) is 2.10. The molecule has 1 saturated heterocycles. The van der Waals surface area contributed by atoms with E-state index >= 15 is 0 Å². The van der Waals surface area contributed by atoms with Crippen molar-refractivity contribution in [1.29, 1.82) is 0 Å². The summed E-state index contributed by atoms with van der Waals surface area (Å²) in [5.74, 6) is 0. The third-order valence-electron chi connectivity index (χ3n) is 2.70. The van der Waals surface area contributed by atoms with Crippen LogP contribution in [0.2, 0.25) is 0 Å². The maximum atomic E-state index is 5.31. The predicted octanol–water partition coefficient (Wildman–Crippen LogP) is 2.50. The Balaban J connectivity index is 2.06. The van der Waals surface area contributed by atoms with Gasteiger partial charge in [-0.3, -0.25) is 0 Å². The Morgan fingerprint density at radius 3 is 2.64 bits per heavy atom. The maximum Gasteiger partial charge on any atom is 0.0714 e. The first-order valence-electron chi connectivity index (χ1n) is 4.81. The van der Waals surface area contributed by atoms with E-state index in [1.807, 2.05) is 0 Å². The first-order chi connectivity index (χ1) is 6.79. The van der Waals surface area contributed by atoms with Gasteiger partial charge in [0, 0.05) is 24.2 Å².